The first-order valence-electron chi connectivity index (χ1n) is 6.50. The molecule has 5 nitrogen and oxygen atoms in total. The Balaban J connectivity index is 2.43. The summed E-state index contributed by atoms with van der Waals surface area (Å²) in [4.78, 5) is 8.24. The molecule has 0 aromatic carbocycles. The number of nitrogens with one attached hydrogen (secondary N) is 1. The molecule has 0 unspecified atom stereocenters. The van der Waals surface area contributed by atoms with E-state index in [1.54, 1.807) is 11.3 Å². The Morgan fingerprint density at radius 1 is 1.32 bits per heavy atom. The van der Waals surface area contributed by atoms with Gasteiger partial charge in [0.05, 0.1) is 5.69 Å². The van der Waals surface area contributed by atoms with Gasteiger partial charge in [0.1, 0.15) is 4.88 Å². The van der Waals surface area contributed by atoms with Crippen LogP contribution in [0.5, 0.6) is 0 Å². The fourth-order valence-corrected chi connectivity index (χ4v) is 3.16. The van der Waals surface area contributed by atoms with E-state index in [-0.39, 0.29) is 0 Å². The first-order chi connectivity index (χ1) is 9.19. The van der Waals surface area contributed by atoms with Crippen LogP contribution >= 0.6 is 23.6 Å². The molecule has 2 aromatic rings. The lowest BCUT2D eigenvalue weighted by Gasteiger charge is -2.16. The third-order valence-corrected chi connectivity index (χ3v) is 4.16. The van der Waals surface area contributed by atoms with Crippen molar-refractivity contribution in [1.82, 2.24) is 15.2 Å². The van der Waals surface area contributed by atoms with Crippen molar-refractivity contribution in [2.24, 2.45) is 0 Å². The van der Waals surface area contributed by atoms with Gasteiger partial charge >= 0.3 is 0 Å². The van der Waals surface area contributed by atoms with Gasteiger partial charge in [0.2, 0.25) is 0 Å². The summed E-state index contributed by atoms with van der Waals surface area (Å²) in [5, 5.41) is 7.80. The minimum absolute atomic E-state index is 0.301. The standard InChI is InChI=1S/C12H18N4OS2/c1-4-7-8-9(10-14-15-12(18)17-10)19-11(13-8)16(5-2)6-3/h4-7H2,1-3H3,(H,15,18). The third kappa shape index (κ3) is 3.03. The van der Waals surface area contributed by atoms with Gasteiger partial charge in [0.15, 0.2) is 5.13 Å². The van der Waals surface area contributed by atoms with Gasteiger partial charge in [-0.15, -0.1) is 5.10 Å². The van der Waals surface area contributed by atoms with E-state index in [1.807, 2.05) is 0 Å². The van der Waals surface area contributed by atoms with Crippen LogP contribution in [0.25, 0.3) is 10.8 Å². The Morgan fingerprint density at radius 2 is 2.05 bits per heavy atom. The van der Waals surface area contributed by atoms with E-state index >= 15 is 0 Å². The Kier molecular flexibility index (Phi) is 4.71. The van der Waals surface area contributed by atoms with E-state index in [1.165, 1.54) is 0 Å². The molecule has 19 heavy (non-hydrogen) atoms. The lowest BCUT2D eigenvalue weighted by Crippen LogP contribution is -2.21. The second-order valence-corrected chi connectivity index (χ2v) is 5.46. The predicted molar refractivity (Wildman–Crippen MR) is 80.4 cm³/mol. The summed E-state index contributed by atoms with van der Waals surface area (Å²) in [6.07, 6.45) is 1.96. The molecular formula is C12H18N4OS2. The number of aromatic nitrogens is 3. The van der Waals surface area contributed by atoms with Gasteiger partial charge in [-0.3, -0.25) is 0 Å². The summed E-state index contributed by atoms with van der Waals surface area (Å²) in [7, 11) is 0. The maximum atomic E-state index is 5.42. The van der Waals surface area contributed by atoms with Gasteiger partial charge in [-0.1, -0.05) is 24.7 Å². The summed E-state index contributed by atoms with van der Waals surface area (Å²) in [5.41, 5.74) is 1.04. The smallest absolute Gasteiger partial charge is 0.284 e. The molecular weight excluding hydrogens is 280 g/mol. The predicted octanol–water partition coefficient (Wildman–Crippen LogP) is 3.65. The van der Waals surface area contributed by atoms with Crippen LogP contribution in [0.15, 0.2) is 4.42 Å². The van der Waals surface area contributed by atoms with Crippen LogP contribution in [-0.4, -0.2) is 28.3 Å². The van der Waals surface area contributed by atoms with E-state index in [9.17, 15) is 0 Å². The lowest BCUT2D eigenvalue weighted by molar-refractivity contribution is 0.552. The average Bonchev–Trinajstić information content (AvgIpc) is 2.98. The second-order valence-electron chi connectivity index (χ2n) is 4.11. The number of rotatable bonds is 6. The van der Waals surface area contributed by atoms with Crippen molar-refractivity contribution in [2.75, 3.05) is 18.0 Å². The number of aromatic amines is 1. The van der Waals surface area contributed by atoms with Gasteiger partial charge in [0, 0.05) is 13.1 Å². The first-order valence-corrected chi connectivity index (χ1v) is 7.72. The lowest BCUT2D eigenvalue weighted by atomic mass is 10.2. The van der Waals surface area contributed by atoms with Gasteiger partial charge < -0.3 is 9.32 Å². The van der Waals surface area contributed by atoms with Gasteiger partial charge in [0.25, 0.3) is 10.7 Å². The number of thiazole rings is 1. The van der Waals surface area contributed by atoms with Crippen molar-refractivity contribution in [3.8, 4) is 10.8 Å². The van der Waals surface area contributed by atoms with Crippen LogP contribution in [0, 0.1) is 4.84 Å². The molecule has 0 saturated carbocycles. The van der Waals surface area contributed by atoms with Crippen molar-refractivity contribution < 1.29 is 4.42 Å². The number of anilines is 1. The average molecular weight is 298 g/mol. The second kappa shape index (κ2) is 6.29. The van der Waals surface area contributed by atoms with Gasteiger partial charge in [-0.2, -0.15) is 0 Å². The zero-order valence-corrected chi connectivity index (χ0v) is 13.0. The van der Waals surface area contributed by atoms with Crippen LogP contribution in [0.1, 0.15) is 32.9 Å². The number of hydrogen-bond acceptors (Lipinski definition) is 6. The minimum atomic E-state index is 0.301. The monoisotopic (exact) mass is 298 g/mol. The minimum Gasteiger partial charge on any atom is -0.408 e. The Hall–Kier alpha value is -1.21. The molecule has 0 saturated heterocycles. The fraction of sp³-hybridized carbons (Fsp3) is 0.583. The van der Waals surface area contributed by atoms with Gasteiger partial charge in [-0.05, 0) is 32.5 Å². The van der Waals surface area contributed by atoms with Crippen molar-refractivity contribution in [3.05, 3.63) is 10.5 Å². The molecule has 0 aliphatic carbocycles. The molecule has 0 fully saturated rings. The quantitative estimate of drug-likeness (QED) is 0.825. The molecule has 0 radical (unpaired) electrons. The van der Waals surface area contributed by atoms with Crippen LogP contribution in [-0.2, 0) is 6.42 Å². The molecule has 2 heterocycles. The fourth-order valence-electron chi connectivity index (χ4n) is 1.87. The zero-order chi connectivity index (χ0) is 13.8. The summed E-state index contributed by atoms with van der Waals surface area (Å²) in [5.74, 6) is 0.546. The molecule has 2 rings (SSSR count). The number of H-pyrrole nitrogens is 1. The largest absolute Gasteiger partial charge is 0.408 e. The number of nitrogens with zero attached hydrogens (tertiary/aromatic N) is 3. The van der Waals surface area contributed by atoms with Gasteiger partial charge in [-0.25, -0.2) is 10.1 Å². The Labute approximate surface area is 121 Å². The molecule has 104 valence electrons. The number of aryl methyl sites for hydroxylation is 1. The van der Waals surface area contributed by atoms with E-state index < -0.39 is 0 Å². The van der Waals surface area contributed by atoms with Crippen LogP contribution < -0.4 is 4.90 Å². The maximum Gasteiger partial charge on any atom is 0.284 e. The highest BCUT2D eigenvalue weighted by molar-refractivity contribution is 7.71. The van der Waals surface area contributed by atoms with E-state index in [0.717, 1.165) is 41.6 Å². The van der Waals surface area contributed by atoms with E-state index in [4.69, 9.17) is 21.6 Å². The summed E-state index contributed by atoms with van der Waals surface area (Å²) < 4.78 is 5.42. The first kappa shape index (κ1) is 14.2. The molecule has 0 aliphatic heterocycles. The summed E-state index contributed by atoms with van der Waals surface area (Å²) >= 11 is 6.55. The molecule has 1 N–H and O–H groups in total. The molecule has 0 bridgehead atoms. The zero-order valence-electron chi connectivity index (χ0n) is 11.4. The molecule has 7 heteroatoms. The third-order valence-electron chi connectivity index (χ3n) is 2.84. The molecule has 0 amide bonds. The van der Waals surface area contributed by atoms with Crippen molar-refractivity contribution >= 4 is 28.7 Å². The van der Waals surface area contributed by atoms with Crippen LogP contribution in [0.4, 0.5) is 5.13 Å². The Morgan fingerprint density at radius 3 is 2.58 bits per heavy atom. The highest BCUT2D eigenvalue weighted by Crippen LogP contribution is 2.34. The maximum absolute atomic E-state index is 5.42. The SMILES string of the molecule is CCCc1nc(N(CC)CC)sc1-c1n[nH]c(=S)o1. The van der Waals surface area contributed by atoms with Crippen molar-refractivity contribution in [1.29, 1.82) is 0 Å². The number of hydrogen-bond donors (Lipinski definition) is 1. The normalized spacial score (nSPS) is 10.9. The highest BCUT2D eigenvalue weighted by Gasteiger charge is 2.18. The van der Waals surface area contributed by atoms with Crippen LogP contribution in [0.3, 0.4) is 0 Å². The highest BCUT2D eigenvalue weighted by atomic mass is 32.1. The summed E-state index contributed by atoms with van der Waals surface area (Å²) in [6, 6.07) is 0. The van der Waals surface area contributed by atoms with E-state index in [0.29, 0.717) is 10.7 Å². The van der Waals surface area contributed by atoms with Crippen LogP contribution in [0.2, 0.25) is 0 Å². The Bertz CT molecular complexity index is 583. The molecule has 0 spiro atoms. The van der Waals surface area contributed by atoms with Crippen molar-refractivity contribution in [2.45, 2.75) is 33.6 Å². The van der Waals surface area contributed by atoms with Crippen molar-refractivity contribution in [3.63, 3.8) is 0 Å². The van der Waals surface area contributed by atoms with E-state index in [2.05, 4.69) is 35.9 Å². The summed E-state index contributed by atoms with van der Waals surface area (Å²) in [6.45, 7) is 8.28. The molecule has 2 aromatic heterocycles. The molecule has 0 aliphatic rings. The topological polar surface area (TPSA) is 58.0 Å². The molecule has 0 atom stereocenters.